The molecule has 0 radical (unpaired) electrons. The van der Waals surface area contributed by atoms with E-state index < -0.39 is 0 Å². The number of nitrogens with zero attached hydrogens (tertiary/aromatic N) is 3. The number of likely N-dealkylation sites (N-methyl/N-ethyl adjacent to an activating group) is 1. The van der Waals surface area contributed by atoms with Gasteiger partial charge in [-0.25, -0.2) is 9.37 Å². The fourth-order valence-electron chi connectivity index (χ4n) is 1.77. The lowest BCUT2D eigenvalue weighted by molar-refractivity contribution is 0.551. The molecule has 0 amide bonds. The molecule has 17 heavy (non-hydrogen) atoms. The number of hydrogen-bond donors (Lipinski definition) is 1. The van der Waals surface area contributed by atoms with E-state index in [4.69, 9.17) is 0 Å². The van der Waals surface area contributed by atoms with Gasteiger partial charge in [-0.05, 0) is 24.7 Å². The molecule has 2 rings (SSSR count). The predicted octanol–water partition coefficient (Wildman–Crippen LogP) is 1.46. The van der Waals surface area contributed by atoms with Gasteiger partial charge < -0.3 is 5.32 Å². The molecule has 1 aromatic carbocycles. The van der Waals surface area contributed by atoms with Crippen molar-refractivity contribution in [2.75, 3.05) is 7.05 Å². The lowest BCUT2D eigenvalue weighted by Gasteiger charge is -2.15. The molecule has 0 aliphatic rings. The maximum Gasteiger partial charge on any atom is 0.138 e. The number of halogens is 1. The topological polar surface area (TPSA) is 42.7 Å². The summed E-state index contributed by atoms with van der Waals surface area (Å²) in [5.41, 5.74) is 1.04. The Morgan fingerprint density at radius 2 is 2.06 bits per heavy atom. The summed E-state index contributed by atoms with van der Waals surface area (Å²) in [6.07, 6.45) is 2.26. The standard InChI is InChI=1S/C12H15FN4/c1-14-11(7-12-15-8-16-17(12)2)9-3-5-10(13)6-4-9/h3-6,8,11,14H,7H2,1-2H3. The summed E-state index contributed by atoms with van der Waals surface area (Å²) in [4.78, 5) is 4.18. The minimum absolute atomic E-state index is 0.110. The molecule has 0 saturated heterocycles. The zero-order chi connectivity index (χ0) is 12.3. The summed E-state index contributed by atoms with van der Waals surface area (Å²) in [5, 5.41) is 7.23. The summed E-state index contributed by atoms with van der Waals surface area (Å²) in [6, 6.07) is 6.62. The first-order valence-corrected chi connectivity index (χ1v) is 5.46. The van der Waals surface area contributed by atoms with E-state index in [2.05, 4.69) is 15.4 Å². The van der Waals surface area contributed by atoms with Crippen LogP contribution in [0.5, 0.6) is 0 Å². The largest absolute Gasteiger partial charge is 0.313 e. The van der Waals surface area contributed by atoms with Crippen LogP contribution in [0.4, 0.5) is 4.39 Å². The molecular weight excluding hydrogens is 219 g/mol. The minimum atomic E-state index is -0.220. The first kappa shape index (κ1) is 11.7. The Kier molecular flexibility index (Phi) is 3.49. The Balaban J connectivity index is 2.17. The second kappa shape index (κ2) is 5.05. The molecule has 1 N–H and O–H groups in total. The number of aromatic nitrogens is 3. The van der Waals surface area contributed by atoms with Crippen molar-refractivity contribution in [2.24, 2.45) is 7.05 Å². The first-order chi connectivity index (χ1) is 8.20. The van der Waals surface area contributed by atoms with E-state index in [1.807, 2.05) is 14.1 Å². The highest BCUT2D eigenvalue weighted by Gasteiger charge is 2.13. The molecule has 0 spiro atoms. The van der Waals surface area contributed by atoms with Gasteiger partial charge in [0.2, 0.25) is 0 Å². The molecule has 1 aromatic heterocycles. The second-order valence-electron chi connectivity index (χ2n) is 3.90. The SMILES string of the molecule is CNC(Cc1ncnn1C)c1ccc(F)cc1. The molecule has 0 fully saturated rings. The van der Waals surface area contributed by atoms with Crippen LogP contribution >= 0.6 is 0 Å². The van der Waals surface area contributed by atoms with E-state index in [9.17, 15) is 4.39 Å². The smallest absolute Gasteiger partial charge is 0.138 e. The van der Waals surface area contributed by atoms with Crippen molar-refractivity contribution in [3.8, 4) is 0 Å². The summed E-state index contributed by atoms with van der Waals surface area (Å²) in [7, 11) is 3.74. The molecule has 90 valence electrons. The van der Waals surface area contributed by atoms with E-state index >= 15 is 0 Å². The van der Waals surface area contributed by atoms with E-state index in [0.717, 1.165) is 17.8 Å². The van der Waals surface area contributed by atoms with Crippen molar-refractivity contribution in [3.63, 3.8) is 0 Å². The zero-order valence-corrected chi connectivity index (χ0v) is 9.89. The van der Waals surface area contributed by atoms with Gasteiger partial charge in [0.1, 0.15) is 18.0 Å². The highest BCUT2D eigenvalue weighted by atomic mass is 19.1. The van der Waals surface area contributed by atoms with Gasteiger partial charge in [0.05, 0.1) is 0 Å². The van der Waals surface area contributed by atoms with E-state index in [0.29, 0.717) is 0 Å². The van der Waals surface area contributed by atoms with E-state index in [1.165, 1.54) is 18.5 Å². The van der Waals surface area contributed by atoms with Crippen LogP contribution < -0.4 is 5.32 Å². The van der Waals surface area contributed by atoms with E-state index in [-0.39, 0.29) is 11.9 Å². The van der Waals surface area contributed by atoms with Gasteiger partial charge in [0.25, 0.3) is 0 Å². The molecule has 0 aliphatic heterocycles. The summed E-state index contributed by atoms with van der Waals surface area (Å²) < 4.78 is 14.6. The third-order valence-electron chi connectivity index (χ3n) is 2.81. The normalized spacial score (nSPS) is 12.6. The van der Waals surface area contributed by atoms with Gasteiger partial charge in [-0.15, -0.1) is 0 Å². The van der Waals surface area contributed by atoms with Crippen molar-refractivity contribution in [2.45, 2.75) is 12.5 Å². The fourth-order valence-corrected chi connectivity index (χ4v) is 1.77. The quantitative estimate of drug-likeness (QED) is 0.870. The number of benzene rings is 1. The highest BCUT2D eigenvalue weighted by Crippen LogP contribution is 2.17. The lowest BCUT2D eigenvalue weighted by Crippen LogP contribution is -2.20. The predicted molar refractivity (Wildman–Crippen MR) is 62.9 cm³/mol. The third kappa shape index (κ3) is 2.68. The molecule has 1 heterocycles. The minimum Gasteiger partial charge on any atom is -0.313 e. The van der Waals surface area contributed by atoms with Crippen molar-refractivity contribution in [3.05, 3.63) is 47.8 Å². The first-order valence-electron chi connectivity index (χ1n) is 5.46. The van der Waals surface area contributed by atoms with Gasteiger partial charge in [-0.2, -0.15) is 5.10 Å². The summed E-state index contributed by atoms with van der Waals surface area (Å²) in [5.74, 6) is 0.677. The highest BCUT2D eigenvalue weighted by molar-refractivity contribution is 5.20. The maximum absolute atomic E-state index is 12.8. The van der Waals surface area contributed by atoms with Crippen LogP contribution in [0.2, 0.25) is 0 Å². The molecule has 4 nitrogen and oxygen atoms in total. The monoisotopic (exact) mass is 234 g/mol. The van der Waals surface area contributed by atoms with Gasteiger partial charge in [0.15, 0.2) is 0 Å². The van der Waals surface area contributed by atoms with Crippen LogP contribution in [0.15, 0.2) is 30.6 Å². The fraction of sp³-hybridized carbons (Fsp3) is 0.333. The van der Waals surface area contributed by atoms with Crippen molar-refractivity contribution in [1.29, 1.82) is 0 Å². The van der Waals surface area contributed by atoms with Gasteiger partial charge in [-0.3, -0.25) is 4.68 Å². The molecule has 2 aromatic rings. The van der Waals surface area contributed by atoms with Crippen LogP contribution in [-0.2, 0) is 13.5 Å². The molecule has 0 aliphatic carbocycles. The Bertz CT molecular complexity index is 478. The molecule has 1 atom stereocenters. The van der Waals surface area contributed by atoms with Crippen LogP contribution in [-0.4, -0.2) is 21.8 Å². The second-order valence-corrected chi connectivity index (χ2v) is 3.90. The number of nitrogens with one attached hydrogen (secondary N) is 1. The molecular formula is C12H15FN4. The van der Waals surface area contributed by atoms with Crippen LogP contribution in [0.3, 0.4) is 0 Å². The number of hydrogen-bond acceptors (Lipinski definition) is 3. The molecule has 0 saturated carbocycles. The third-order valence-corrected chi connectivity index (χ3v) is 2.81. The van der Waals surface area contributed by atoms with Crippen LogP contribution in [0.25, 0.3) is 0 Å². The lowest BCUT2D eigenvalue weighted by atomic mass is 10.0. The van der Waals surface area contributed by atoms with Gasteiger partial charge in [0, 0.05) is 19.5 Å². The number of aryl methyl sites for hydroxylation is 1. The van der Waals surface area contributed by atoms with Crippen LogP contribution in [0.1, 0.15) is 17.4 Å². The van der Waals surface area contributed by atoms with Crippen molar-refractivity contribution in [1.82, 2.24) is 20.1 Å². The number of rotatable bonds is 4. The maximum atomic E-state index is 12.8. The van der Waals surface area contributed by atoms with Crippen molar-refractivity contribution >= 4 is 0 Å². The average Bonchev–Trinajstić information content (AvgIpc) is 2.73. The Hall–Kier alpha value is -1.75. The zero-order valence-electron chi connectivity index (χ0n) is 9.89. The van der Waals surface area contributed by atoms with Crippen LogP contribution in [0, 0.1) is 5.82 Å². The molecule has 0 bridgehead atoms. The summed E-state index contributed by atoms with van der Waals surface area (Å²) >= 11 is 0. The average molecular weight is 234 g/mol. The van der Waals surface area contributed by atoms with E-state index in [1.54, 1.807) is 16.8 Å². The van der Waals surface area contributed by atoms with Crippen molar-refractivity contribution < 1.29 is 4.39 Å². The Labute approximate surface area is 99.5 Å². The summed E-state index contributed by atoms with van der Waals surface area (Å²) in [6.45, 7) is 0. The Morgan fingerprint density at radius 3 is 2.59 bits per heavy atom. The molecule has 1 unspecified atom stereocenters. The molecule has 5 heteroatoms. The van der Waals surface area contributed by atoms with Gasteiger partial charge in [-0.1, -0.05) is 12.1 Å². The Morgan fingerprint density at radius 1 is 1.35 bits per heavy atom. The van der Waals surface area contributed by atoms with Gasteiger partial charge >= 0.3 is 0 Å².